The second-order valence-electron chi connectivity index (χ2n) is 4.32. The topological polar surface area (TPSA) is 62.7 Å². The van der Waals surface area contributed by atoms with Crippen molar-refractivity contribution in [2.24, 2.45) is 10.9 Å². The van der Waals surface area contributed by atoms with Crippen LogP contribution in [-0.2, 0) is 9.53 Å². The average Bonchev–Trinajstić information content (AvgIpc) is 2.69. The highest BCUT2D eigenvalue weighted by Gasteiger charge is 2.35. The number of hydrogen-bond donors (Lipinski definition) is 2. The molecule has 0 spiro atoms. The molecule has 0 bridgehead atoms. The predicted molar refractivity (Wildman–Crippen MR) is 61.2 cm³/mol. The molecule has 2 aliphatic rings. The van der Waals surface area contributed by atoms with Crippen molar-refractivity contribution in [1.29, 1.82) is 0 Å². The Balaban J connectivity index is 1.93. The molecule has 2 atom stereocenters. The van der Waals surface area contributed by atoms with Crippen LogP contribution in [0.25, 0.3) is 0 Å². The number of guanidine groups is 1. The number of rotatable bonds is 3. The Morgan fingerprint density at radius 2 is 2.44 bits per heavy atom. The minimum absolute atomic E-state index is 0.0327. The number of carbonyl (C=O) groups is 1. The van der Waals surface area contributed by atoms with Gasteiger partial charge in [0, 0.05) is 19.1 Å². The van der Waals surface area contributed by atoms with Gasteiger partial charge in [-0.15, -0.1) is 0 Å². The highest BCUT2D eigenvalue weighted by molar-refractivity contribution is 6.06. The van der Waals surface area contributed by atoms with Crippen molar-refractivity contribution in [3.05, 3.63) is 0 Å². The van der Waals surface area contributed by atoms with Crippen molar-refractivity contribution < 1.29 is 9.53 Å². The van der Waals surface area contributed by atoms with Gasteiger partial charge in [0.15, 0.2) is 5.96 Å². The smallest absolute Gasteiger partial charge is 0.249 e. The zero-order valence-electron chi connectivity index (χ0n) is 9.66. The minimum Gasteiger partial charge on any atom is -0.381 e. The standard InChI is InChI=1S/C11H19N3O2/c1-2-5-12-11-13-9(10(15)14-11)8-4-3-6-16-7-8/h8-9H,2-7H2,1H3,(H2,12,13,14,15). The van der Waals surface area contributed by atoms with E-state index in [-0.39, 0.29) is 17.9 Å². The van der Waals surface area contributed by atoms with Crippen molar-refractivity contribution in [1.82, 2.24) is 10.6 Å². The molecule has 0 aliphatic carbocycles. The van der Waals surface area contributed by atoms with Gasteiger partial charge in [-0.2, -0.15) is 0 Å². The number of amides is 1. The summed E-state index contributed by atoms with van der Waals surface area (Å²) in [5, 5.41) is 5.94. The average molecular weight is 225 g/mol. The number of nitrogens with one attached hydrogen (secondary N) is 2. The van der Waals surface area contributed by atoms with Gasteiger partial charge in [-0.1, -0.05) is 6.92 Å². The number of carbonyl (C=O) groups excluding carboxylic acids is 1. The summed E-state index contributed by atoms with van der Waals surface area (Å²) >= 11 is 0. The zero-order chi connectivity index (χ0) is 11.4. The van der Waals surface area contributed by atoms with Crippen molar-refractivity contribution >= 4 is 11.9 Å². The van der Waals surface area contributed by atoms with Crippen LogP contribution in [-0.4, -0.2) is 37.7 Å². The van der Waals surface area contributed by atoms with Gasteiger partial charge >= 0.3 is 0 Å². The summed E-state index contributed by atoms with van der Waals surface area (Å²) < 4.78 is 5.40. The summed E-state index contributed by atoms with van der Waals surface area (Å²) in [6, 6.07) is -0.157. The van der Waals surface area contributed by atoms with Crippen molar-refractivity contribution in [3.63, 3.8) is 0 Å². The Labute approximate surface area is 95.6 Å². The third kappa shape index (κ3) is 2.52. The lowest BCUT2D eigenvalue weighted by Crippen LogP contribution is -2.41. The first-order valence-electron chi connectivity index (χ1n) is 6.01. The Morgan fingerprint density at radius 1 is 1.56 bits per heavy atom. The molecule has 0 aromatic rings. The quantitative estimate of drug-likeness (QED) is 0.724. The SMILES string of the molecule is CCCN=C1NC(=O)C(C2CCCOC2)N1. The predicted octanol–water partition coefficient (Wildman–Crippen LogP) is 0.267. The normalized spacial score (nSPS) is 32.6. The maximum Gasteiger partial charge on any atom is 0.249 e. The Morgan fingerprint density at radius 3 is 3.12 bits per heavy atom. The molecule has 2 fully saturated rings. The summed E-state index contributed by atoms with van der Waals surface area (Å²) in [6.45, 7) is 4.30. The molecule has 0 saturated carbocycles. The van der Waals surface area contributed by atoms with Gasteiger partial charge in [0.2, 0.25) is 5.91 Å². The Bertz CT molecular complexity index is 285. The molecule has 2 aliphatic heterocycles. The summed E-state index contributed by atoms with van der Waals surface area (Å²) in [5.41, 5.74) is 0. The van der Waals surface area contributed by atoms with Crippen LogP contribution in [0.15, 0.2) is 4.99 Å². The molecule has 2 rings (SSSR count). The molecule has 0 radical (unpaired) electrons. The van der Waals surface area contributed by atoms with Crippen LogP contribution in [0.5, 0.6) is 0 Å². The van der Waals surface area contributed by atoms with E-state index < -0.39 is 0 Å². The Hall–Kier alpha value is -1.10. The van der Waals surface area contributed by atoms with Gasteiger partial charge in [0.1, 0.15) is 6.04 Å². The Kier molecular flexibility index (Phi) is 3.77. The first kappa shape index (κ1) is 11.4. The highest BCUT2D eigenvalue weighted by atomic mass is 16.5. The molecular weight excluding hydrogens is 206 g/mol. The molecule has 5 heteroatoms. The van der Waals surface area contributed by atoms with Crippen LogP contribution < -0.4 is 10.6 Å². The number of ether oxygens (including phenoxy) is 1. The van der Waals surface area contributed by atoms with Gasteiger partial charge in [0.05, 0.1) is 6.61 Å². The molecule has 16 heavy (non-hydrogen) atoms. The van der Waals surface area contributed by atoms with Crippen molar-refractivity contribution in [2.75, 3.05) is 19.8 Å². The van der Waals surface area contributed by atoms with Gasteiger partial charge < -0.3 is 10.1 Å². The number of hydrogen-bond acceptors (Lipinski definition) is 3. The van der Waals surface area contributed by atoms with Crippen LogP contribution in [0.4, 0.5) is 0 Å². The molecular formula is C11H19N3O2. The van der Waals surface area contributed by atoms with E-state index in [1.165, 1.54) is 0 Å². The lowest BCUT2D eigenvalue weighted by Gasteiger charge is -2.25. The van der Waals surface area contributed by atoms with Gasteiger partial charge in [-0.05, 0) is 19.3 Å². The van der Waals surface area contributed by atoms with Crippen LogP contribution in [0.1, 0.15) is 26.2 Å². The minimum atomic E-state index is -0.157. The molecule has 2 saturated heterocycles. The monoisotopic (exact) mass is 225 g/mol. The molecule has 2 N–H and O–H groups in total. The molecule has 5 nitrogen and oxygen atoms in total. The van der Waals surface area contributed by atoms with E-state index in [1.807, 2.05) is 0 Å². The second kappa shape index (κ2) is 5.30. The summed E-state index contributed by atoms with van der Waals surface area (Å²) in [7, 11) is 0. The van der Waals surface area contributed by atoms with E-state index >= 15 is 0 Å². The fraction of sp³-hybridized carbons (Fsp3) is 0.818. The molecule has 2 heterocycles. The summed E-state index contributed by atoms with van der Waals surface area (Å²) in [5.74, 6) is 0.941. The van der Waals surface area contributed by atoms with Gasteiger partial charge in [-0.25, -0.2) is 0 Å². The molecule has 0 aromatic heterocycles. The lowest BCUT2D eigenvalue weighted by molar-refractivity contribution is -0.122. The van der Waals surface area contributed by atoms with E-state index in [4.69, 9.17) is 4.74 Å². The number of nitrogens with zero attached hydrogens (tertiary/aromatic N) is 1. The van der Waals surface area contributed by atoms with E-state index in [1.54, 1.807) is 0 Å². The van der Waals surface area contributed by atoms with E-state index in [0.717, 1.165) is 32.4 Å². The van der Waals surface area contributed by atoms with Crippen LogP contribution in [0, 0.1) is 5.92 Å². The largest absolute Gasteiger partial charge is 0.381 e. The second-order valence-corrected chi connectivity index (χ2v) is 4.32. The first-order chi connectivity index (χ1) is 7.81. The van der Waals surface area contributed by atoms with Crippen LogP contribution >= 0.6 is 0 Å². The molecule has 0 aromatic carbocycles. The third-order valence-electron chi connectivity index (χ3n) is 2.98. The fourth-order valence-electron chi connectivity index (χ4n) is 2.11. The molecule has 1 amide bonds. The van der Waals surface area contributed by atoms with E-state index in [0.29, 0.717) is 12.6 Å². The number of aliphatic imine (C=N–C) groups is 1. The maximum atomic E-state index is 11.7. The molecule has 2 unspecified atom stereocenters. The first-order valence-corrected chi connectivity index (χ1v) is 6.01. The van der Waals surface area contributed by atoms with E-state index in [2.05, 4.69) is 22.5 Å². The lowest BCUT2D eigenvalue weighted by atomic mass is 9.94. The maximum absolute atomic E-state index is 11.7. The van der Waals surface area contributed by atoms with Crippen LogP contribution in [0.2, 0.25) is 0 Å². The third-order valence-corrected chi connectivity index (χ3v) is 2.98. The zero-order valence-corrected chi connectivity index (χ0v) is 9.66. The summed E-state index contributed by atoms with van der Waals surface area (Å²) in [6.07, 6.45) is 3.07. The van der Waals surface area contributed by atoms with E-state index in [9.17, 15) is 4.79 Å². The van der Waals surface area contributed by atoms with Gasteiger partial charge in [-0.3, -0.25) is 15.1 Å². The van der Waals surface area contributed by atoms with Crippen LogP contribution in [0.3, 0.4) is 0 Å². The van der Waals surface area contributed by atoms with Crippen molar-refractivity contribution in [3.8, 4) is 0 Å². The molecule has 90 valence electrons. The highest BCUT2D eigenvalue weighted by Crippen LogP contribution is 2.19. The van der Waals surface area contributed by atoms with Crippen molar-refractivity contribution in [2.45, 2.75) is 32.2 Å². The summed E-state index contributed by atoms with van der Waals surface area (Å²) in [4.78, 5) is 16.0. The van der Waals surface area contributed by atoms with Gasteiger partial charge in [0.25, 0.3) is 0 Å². The fourth-order valence-corrected chi connectivity index (χ4v) is 2.11.